The Labute approximate surface area is 79.3 Å². The van der Waals surface area contributed by atoms with Gasteiger partial charge >= 0.3 is 0 Å². The van der Waals surface area contributed by atoms with E-state index in [4.69, 9.17) is 11.2 Å². The number of terminal acetylenes is 1. The van der Waals surface area contributed by atoms with Crippen LogP contribution in [0.4, 0.5) is 0 Å². The predicted octanol–water partition coefficient (Wildman–Crippen LogP) is 1.18. The van der Waals surface area contributed by atoms with E-state index in [1.807, 2.05) is 6.92 Å². The van der Waals surface area contributed by atoms with Crippen LogP contribution in [0.5, 0.6) is 0 Å². The van der Waals surface area contributed by atoms with E-state index in [0.717, 1.165) is 6.42 Å². The maximum Gasteiger partial charge on any atom is 0.101 e. The Balaban J connectivity index is 2.22. The molecule has 0 spiro atoms. The van der Waals surface area contributed by atoms with Gasteiger partial charge in [0.05, 0.1) is 17.6 Å². The van der Waals surface area contributed by atoms with Crippen molar-refractivity contribution in [3.63, 3.8) is 0 Å². The summed E-state index contributed by atoms with van der Waals surface area (Å²) in [5, 5.41) is 9.55. The van der Waals surface area contributed by atoms with E-state index < -0.39 is 0 Å². The molecule has 2 heteroatoms. The Hall–Kier alpha value is -0.520. The van der Waals surface area contributed by atoms with Crippen LogP contribution < -0.4 is 0 Å². The third-order valence-corrected chi connectivity index (χ3v) is 3.62. The molecule has 1 heterocycles. The normalized spacial score (nSPS) is 54.6. The van der Waals surface area contributed by atoms with Gasteiger partial charge in [-0.05, 0) is 25.7 Å². The minimum absolute atomic E-state index is 0.115. The van der Waals surface area contributed by atoms with Crippen LogP contribution in [0, 0.1) is 23.7 Å². The van der Waals surface area contributed by atoms with E-state index in [1.54, 1.807) is 0 Å². The molecule has 1 aliphatic heterocycles. The molecule has 13 heavy (non-hydrogen) atoms. The average molecular weight is 180 g/mol. The summed E-state index contributed by atoms with van der Waals surface area (Å²) in [6.45, 7) is 4.21. The topological polar surface area (TPSA) is 29.5 Å². The van der Waals surface area contributed by atoms with Crippen molar-refractivity contribution in [1.82, 2.24) is 0 Å². The Bertz CT molecular complexity index is 255. The molecule has 2 fully saturated rings. The van der Waals surface area contributed by atoms with Gasteiger partial charge in [0.2, 0.25) is 0 Å². The quantitative estimate of drug-likeness (QED) is 0.567. The maximum atomic E-state index is 9.55. The molecule has 0 amide bonds. The third-order valence-electron chi connectivity index (χ3n) is 3.62. The van der Waals surface area contributed by atoms with Gasteiger partial charge in [-0.15, -0.1) is 6.42 Å². The molecule has 0 aromatic carbocycles. The Morgan fingerprint density at radius 1 is 1.54 bits per heavy atom. The highest BCUT2D eigenvalue weighted by atomic mass is 16.5. The van der Waals surface area contributed by atoms with Gasteiger partial charge in [0.1, 0.15) is 6.10 Å². The van der Waals surface area contributed by atoms with Crippen LogP contribution in [0.25, 0.3) is 0 Å². The molecule has 0 radical (unpaired) electrons. The lowest BCUT2D eigenvalue weighted by Gasteiger charge is -2.57. The van der Waals surface area contributed by atoms with Gasteiger partial charge in [-0.3, -0.25) is 0 Å². The van der Waals surface area contributed by atoms with Crippen molar-refractivity contribution in [1.29, 1.82) is 0 Å². The third kappa shape index (κ3) is 1.04. The number of hydrogen-bond acceptors (Lipinski definition) is 2. The minimum atomic E-state index is -0.346. The molecule has 2 rings (SSSR count). The minimum Gasteiger partial charge on any atom is -0.390 e. The Morgan fingerprint density at radius 2 is 2.23 bits per heavy atom. The van der Waals surface area contributed by atoms with Gasteiger partial charge in [-0.1, -0.05) is 12.8 Å². The number of rotatable bonds is 0. The highest BCUT2D eigenvalue weighted by Gasteiger charge is 2.59. The summed E-state index contributed by atoms with van der Waals surface area (Å²) >= 11 is 0. The molecule has 1 aliphatic carbocycles. The molecule has 2 nitrogen and oxygen atoms in total. The summed E-state index contributed by atoms with van der Waals surface area (Å²) in [6, 6.07) is 0. The predicted molar refractivity (Wildman–Crippen MR) is 50.0 cm³/mol. The zero-order chi connectivity index (χ0) is 9.64. The molecule has 0 aromatic rings. The first-order valence-electron chi connectivity index (χ1n) is 4.91. The molecule has 5 atom stereocenters. The van der Waals surface area contributed by atoms with E-state index in [-0.39, 0.29) is 23.7 Å². The summed E-state index contributed by atoms with van der Waals surface area (Å²) in [5.41, 5.74) is -0.175. The second-order valence-corrected chi connectivity index (χ2v) is 4.46. The standard InChI is InChI=1S/C11H16O2/c1-4-11-6-9(12)10(11)13-8(3)5-7(11)2/h1,7-10,12H,5-6H2,2-3H3/t7-,8+,9?,10-,11?/m1/s1. The number of aliphatic hydroxyl groups is 1. The van der Waals surface area contributed by atoms with Crippen LogP contribution in [0.1, 0.15) is 26.7 Å². The lowest BCUT2D eigenvalue weighted by atomic mass is 9.56. The van der Waals surface area contributed by atoms with Gasteiger partial charge < -0.3 is 9.84 Å². The molecular formula is C11H16O2. The van der Waals surface area contributed by atoms with Crippen molar-refractivity contribution < 1.29 is 9.84 Å². The molecule has 0 aromatic heterocycles. The van der Waals surface area contributed by atoms with E-state index >= 15 is 0 Å². The SMILES string of the molecule is C#CC12CC(O)[C@H]1O[C@@H](C)C[C@H]2C. The fraction of sp³-hybridized carbons (Fsp3) is 0.818. The monoisotopic (exact) mass is 180 g/mol. The van der Waals surface area contributed by atoms with E-state index in [1.165, 1.54) is 0 Å². The van der Waals surface area contributed by atoms with Gasteiger partial charge in [0.15, 0.2) is 0 Å². The smallest absolute Gasteiger partial charge is 0.101 e. The molecule has 2 unspecified atom stereocenters. The molecule has 72 valence electrons. The fourth-order valence-corrected chi connectivity index (χ4v) is 2.74. The van der Waals surface area contributed by atoms with Crippen molar-refractivity contribution in [2.24, 2.45) is 11.3 Å². The molecule has 1 saturated heterocycles. The first-order chi connectivity index (χ1) is 6.10. The lowest BCUT2D eigenvalue weighted by Crippen LogP contribution is -2.63. The zero-order valence-corrected chi connectivity index (χ0v) is 8.16. The van der Waals surface area contributed by atoms with Crippen molar-refractivity contribution in [2.45, 2.75) is 45.0 Å². The maximum absolute atomic E-state index is 9.55. The summed E-state index contributed by atoms with van der Waals surface area (Å²) in [4.78, 5) is 0. The lowest BCUT2D eigenvalue weighted by molar-refractivity contribution is -0.237. The summed E-state index contributed by atoms with van der Waals surface area (Å²) < 4.78 is 5.67. The Kier molecular flexibility index (Phi) is 1.90. The highest BCUT2D eigenvalue weighted by Crippen LogP contribution is 2.53. The summed E-state index contributed by atoms with van der Waals surface area (Å²) in [7, 11) is 0. The Morgan fingerprint density at radius 3 is 2.77 bits per heavy atom. The first-order valence-corrected chi connectivity index (χ1v) is 4.91. The van der Waals surface area contributed by atoms with Crippen LogP contribution >= 0.6 is 0 Å². The number of fused-ring (bicyclic) bond motifs is 1. The van der Waals surface area contributed by atoms with E-state index in [2.05, 4.69) is 12.8 Å². The summed E-state index contributed by atoms with van der Waals surface area (Å²) in [6.07, 6.45) is 7.03. The molecule has 1 saturated carbocycles. The van der Waals surface area contributed by atoms with Crippen molar-refractivity contribution in [2.75, 3.05) is 0 Å². The average Bonchev–Trinajstić information content (AvgIpc) is 2.08. The van der Waals surface area contributed by atoms with Crippen LogP contribution in [-0.2, 0) is 4.74 Å². The molecule has 0 bridgehead atoms. The second kappa shape index (κ2) is 2.73. The molecule has 2 aliphatic rings. The zero-order valence-electron chi connectivity index (χ0n) is 8.16. The van der Waals surface area contributed by atoms with Crippen LogP contribution in [0.3, 0.4) is 0 Å². The van der Waals surface area contributed by atoms with Gasteiger partial charge in [-0.25, -0.2) is 0 Å². The summed E-state index contributed by atoms with van der Waals surface area (Å²) in [5.74, 6) is 3.30. The van der Waals surface area contributed by atoms with E-state index in [9.17, 15) is 5.11 Å². The number of ether oxygens (including phenoxy) is 1. The highest BCUT2D eigenvalue weighted by molar-refractivity contribution is 5.22. The van der Waals surface area contributed by atoms with Gasteiger partial charge in [-0.2, -0.15) is 0 Å². The second-order valence-electron chi connectivity index (χ2n) is 4.46. The van der Waals surface area contributed by atoms with Crippen LogP contribution in [0.15, 0.2) is 0 Å². The van der Waals surface area contributed by atoms with Crippen molar-refractivity contribution >= 4 is 0 Å². The largest absolute Gasteiger partial charge is 0.390 e. The number of aliphatic hydroxyl groups excluding tert-OH is 1. The van der Waals surface area contributed by atoms with Crippen LogP contribution in [-0.4, -0.2) is 23.4 Å². The van der Waals surface area contributed by atoms with Crippen molar-refractivity contribution in [3.05, 3.63) is 0 Å². The molecule has 1 N–H and O–H groups in total. The fourth-order valence-electron chi connectivity index (χ4n) is 2.74. The first kappa shape index (κ1) is 9.05. The molecular weight excluding hydrogens is 164 g/mol. The number of hydrogen-bond donors (Lipinski definition) is 1. The van der Waals surface area contributed by atoms with Crippen molar-refractivity contribution in [3.8, 4) is 12.3 Å². The van der Waals surface area contributed by atoms with Gasteiger partial charge in [0.25, 0.3) is 0 Å². The van der Waals surface area contributed by atoms with E-state index in [0.29, 0.717) is 12.3 Å². The van der Waals surface area contributed by atoms with Gasteiger partial charge in [0, 0.05) is 0 Å². The van der Waals surface area contributed by atoms with Crippen LogP contribution in [0.2, 0.25) is 0 Å².